The van der Waals surface area contributed by atoms with Gasteiger partial charge >= 0.3 is 0 Å². The van der Waals surface area contributed by atoms with Crippen LogP contribution in [0.2, 0.25) is 0 Å². The number of carbonyl (C=O) groups is 1. The van der Waals surface area contributed by atoms with Gasteiger partial charge < -0.3 is 5.32 Å². The Morgan fingerprint density at radius 2 is 1.91 bits per heavy atom. The Morgan fingerprint density at radius 1 is 1.09 bits per heavy atom. The van der Waals surface area contributed by atoms with Gasteiger partial charge in [-0.3, -0.25) is 4.79 Å². The lowest BCUT2D eigenvalue weighted by Crippen LogP contribution is -2.15. The number of para-hydroxylation sites is 1. The van der Waals surface area contributed by atoms with Crippen LogP contribution in [0.25, 0.3) is 5.69 Å². The molecule has 0 bridgehead atoms. The van der Waals surface area contributed by atoms with Gasteiger partial charge in [-0.05, 0) is 52.3 Å². The van der Waals surface area contributed by atoms with Crippen molar-refractivity contribution in [1.82, 2.24) is 9.78 Å². The van der Waals surface area contributed by atoms with Gasteiger partial charge in [0.05, 0.1) is 16.9 Å². The van der Waals surface area contributed by atoms with Crippen molar-refractivity contribution in [2.45, 2.75) is 0 Å². The van der Waals surface area contributed by atoms with Gasteiger partial charge in [-0.2, -0.15) is 5.10 Å². The fraction of sp³-hybridized carbons (Fsp3) is 0. The molecule has 0 radical (unpaired) electrons. The van der Waals surface area contributed by atoms with Crippen LogP contribution in [0, 0.1) is 0 Å². The molecular formula is C16H11Br2N3O. The highest BCUT2D eigenvalue weighted by Crippen LogP contribution is 2.27. The largest absolute Gasteiger partial charge is 0.321 e. The van der Waals surface area contributed by atoms with Gasteiger partial charge in [-0.15, -0.1) is 0 Å². The third-order valence-corrected chi connectivity index (χ3v) is 4.23. The average Bonchev–Trinajstić information content (AvgIpc) is 3.04. The van der Waals surface area contributed by atoms with E-state index < -0.39 is 0 Å². The average molecular weight is 421 g/mol. The molecule has 0 saturated carbocycles. The molecule has 0 atom stereocenters. The first-order chi connectivity index (χ1) is 10.6. The molecule has 6 heteroatoms. The van der Waals surface area contributed by atoms with Crippen molar-refractivity contribution in [3.8, 4) is 5.69 Å². The molecule has 3 rings (SSSR count). The zero-order valence-electron chi connectivity index (χ0n) is 11.3. The molecule has 3 aromatic rings. The van der Waals surface area contributed by atoms with E-state index in [-0.39, 0.29) is 5.91 Å². The Labute approximate surface area is 144 Å². The molecule has 110 valence electrons. The predicted octanol–water partition coefficient (Wildman–Crippen LogP) is 4.65. The third kappa shape index (κ3) is 3.13. The number of hydrogen-bond donors (Lipinski definition) is 1. The molecular weight excluding hydrogens is 410 g/mol. The minimum atomic E-state index is -0.186. The Morgan fingerprint density at radius 3 is 2.64 bits per heavy atom. The van der Waals surface area contributed by atoms with Crippen LogP contribution in [0.3, 0.4) is 0 Å². The summed E-state index contributed by atoms with van der Waals surface area (Å²) >= 11 is 6.83. The predicted molar refractivity (Wildman–Crippen MR) is 93.4 cm³/mol. The number of aromatic nitrogens is 2. The Bertz CT molecular complexity index is 816. The van der Waals surface area contributed by atoms with E-state index in [9.17, 15) is 4.79 Å². The Kier molecular flexibility index (Phi) is 4.40. The standard InChI is InChI=1S/C16H11Br2N3O/c17-11-6-7-14(13(18)10-11)20-16(22)12-4-1-2-5-15(12)21-9-3-8-19-21/h1-10H,(H,20,22). The van der Waals surface area contributed by atoms with E-state index in [0.717, 1.165) is 14.6 Å². The molecule has 1 N–H and O–H groups in total. The van der Waals surface area contributed by atoms with Gasteiger partial charge in [0, 0.05) is 21.3 Å². The van der Waals surface area contributed by atoms with E-state index in [1.807, 2.05) is 48.7 Å². The van der Waals surface area contributed by atoms with Gasteiger partial charge in [0.1, 0.15) is 0 Å². The molecule has 1 heterocycles. The molecule has 0 unspecified atom stereocenters. The van der Waals surface area contributed by atoms with E-state index in [0.29, 0.717) is 11.3 Å². The molecule has 1 amide bonds. The first-order valence-electron chi connectivity index (χ1n) is 6.50. The van der Waals surface area contributed by atoms with Crippen molar-refractivity contribution in [1.29, 1.82) is 0 Å². The van der Waals surface area contributed by atoms with Gasteiger partial charge in [0.25, 0.3) is 5.91 Å². The quantitative estimate of drug-likeness (QED) is 0.670. The van der Waals surface area contributed by atoms with Crippen LogP contribution in [-0.2, 0) is 0 Å². The second kappa shape index (κ2) is 6.46. The van der Waals surface area contributed by atoms with Crippen LogP contribution in [0.15, 0.2) is 69.9 Å². The number of halogens is 2. The molecule has 0 aliphatic carbocycles. The van der Waals surface area contributed by atoms with Crippen LogP contribution in [0.4, 0.5) is 5.69 Å². The van der Waals surface area contributed by atoms with Gasteiger partial charge in [-0.1, -0.05) is 28.1 Å². The highest BCUT2D eigenvalue weighted by atomic mass is 79.9. The number of amides is 1. The van der Waals surface area contributed by atoms with Crippen molar-refractivity contribution in [3.05, 3.63) is 75.4 Å². The molecule has 4 nitrogen and oxygen atoms in total. The van der Waals surface area contributed by atoms with Gasteiger partial charge in [-0.25, -0.2) is 4.68 Å². The minimum absolute atomic E-state index is 0.186. The number of rotatable bonds is 3. The number of nitrogens with zero attached hydrogens (tertiary/aromatic N) is 2. The normalized spacial score (nSPS) is 10.5. The van der Waals surface area contributed by atoms with E-state index in [4.69, 9.17) is 0 Å². The molecule has 0 aliphatic heterocycles. The number of nitrogens with one attached hydrogen (secondary N) is 1. The maximum Gasteiger partial charge on any atom is 0.257 e. The summed E-state index contributed by atoms with van der Waals surface area (Å²) in [6, 6.07) is 14.8. The van der Waals surface area contributed by atoms with E-state index >= 15 is 0 Å². The van der Waals surface area contributed by atoms with Crippen molar-refractivity contribution in [3.63, 3.8) is 0 Å². The third-order valence-electron chi connectivity index (χ3n) is 3.08. The van der Waals surface area contributed by atoms with E-state index in [1.165, 1.54) is 0 Å². The lowest BCUT2D eigenvalue weighted by molar-refractivity contribution is 0.102. The highest BCUT2D eigenvalue weighted by molar-refractivity contribution is 9.11. The van der Waals surface area contributed by atoms with Crippen molar-refractivity contribution < 1.29 is 4.79 Å². The van der Waals surface area contributed by atoms with Gasteiger partial charge in [0.2, 0.25) is 0 Å². The topological polar surface area (TPSA) is 46.9 Å². The fourth-order valence-corrected chi connectivity index (χ4v) is 3.20. The van der Waals surface area contributed by atoms with Crippen LogP contribution in [-0.4, -0.2) is 15.7 Å². The summed E-state index contributed by atoms with van der Waals surface area (Å²) < 4.78 is 3.42. The SMILES string of the molecule is O=C(Nc1ccc(Br)cc1Br)c1ccccc1-n1cccn1. The Hall–Kier alpha value is -1.92. The summed E-state index contributed by atoms with van der Waals surface area (Å²) in [4.78, 5) is 12.6. The summed E-state index contributed by atoms with van der Waals surface area (Å²) in [5, 5.41) is 7.10. The van der Waals surface area contributed by atoms with E-state index in [1.54, 1.807) is 16.9 Å². The van der Waals surface area contributed by atoms with Gasteiger partial charge in [0.15, 0.2) is 0 Å². The van der Waals surface area contributed by atoms with Crippen LogP contribution in [0.5, 0.6) is 0 Å². The molecule has 0 aliphatic rings. The molecule has 0 saturated heterocycles. The first kappa shape index (κ1) is 15.0. The second-order valence-electron chi connectivity index (χ2n) is 4.55. The lowest BCUT2D eigenvalue weighted by Gasteiger charge is -2.11. The maximum atomic E-state index is 12.6. The van der Waals surface area contributed by atoms with Crippen LogP contribution in [0.1, 0.15) is 10.4 Å². The number of anilines is 1. The number of carbonyl (C=O) groups excluding carboxylic acids is 1. The molecule has 1 aromatic heterocycles. The number of hydrogen-bond acceptors (Lipinski definition) is 2. The smallest absolute Gasteiger partial charge is 0.257 e. The molecule has 22 heavy (non-hydrogen) atoms. The fourth-order valence-electron chi connectivity index (χ4n) is 2.06. The van der Waals surface area contributed by atoms with Crippen LogP contribution < -0.4 is 5.32 Å². The summed E-state index contributed by atoms with van der Waals surface area (Å²) in [5.41, 5.74) is 2.00. The number of benzene rings is 2. The Balaban J connectivity index is 1.93. The first-order valence-corrected chi connectivity index (χ1v) is 8.09. The second-order valence-corrected chi connectivity index (χ2v) is 6.32. The molecule has 0 spiro atoms. The summed E-state index contributed by atoms with van der Waals surface area (Å²) in [6.45, 7) is 0. The van der Waals surface area contributed by atoms with Crippen molar-refractivity contribution >= 4 is 43.5 Å². The van der Waals surface area contributed by atoms with Crippen molar-refractivity contribution in [2.24, 2.45) is 0 Å². The van der Waals surface area contributed by atoms with E-state index in [2.05, 4.69) is 42.3 Å². The summed E-state index contributed by atoms with van der Waals surface area (Å²) in [7, 11) is 0. The summed E-state index contributed by atoms with van der Waals surface area (Å²) in [6.07, 6.45) is 3.49. The zero-order valence-corrected chi connectivity index (χ0v) is 14.5. The molecule has 2 aromatic carbocycles. The highest BCUT2D eigenvalue weighted by Gasteiger charge is 2.14. The monoisotopic (exact) mass is 419 g/mol. The van der Waals surface area contributed by atoms with Crippen LogP contribution >= 0.6 is 31.9 Å². The molecule has 0 fully saturated rings. The zero-order chi connectivity index (χ0) is 15.5. The minimum Gasteiger partial charge on any atom is -0.321 e. The lowest BCUT2D eigenvalue weighted by atomic mass is 10.1. The van der Waals surface area contributed by atoms with Crippen molar-refractivity contribution in [2.75, 3.05) is 5.32 Å². The summed E-state index contributed by atoms with van der Waals surface area (Å²) in [5.74, 6) is -0.186. The maximum absolute atomic E-state index is 12.6.